The van der Waals surface area contributed by atoms with Gasteiger partial charge in [-0.25, -0.2) is 0 Å². The molecule has 0 bridgehead atoms. The van der Waals surface area contributed by atoms with Crippen LogP contribution in [0.1, 0.15) is 46.0 Å². The third-order valence-corrected chi connectivity index (χ3v) is 4.46. The van der Waals surface area contributed by atoms with Crippen molar-refractivity contribution in [3.63, 3.8) is 0 Å². The Labute approximate surface area is 192 Å². The van der Waals surface area contributed by atoms with Gasteiger partial charge in [-0.05, 0) is 25.0 Å². The van der Waals surface area contributed by atoms with Crippen molar-refractivity contribution in [1.29, 1.82) is 0 Å². The second-order valence-electron chi connectivity index (χ2n) is 5.94. The fourth-order valence-corrected chi connectivity index (χ4v) is 3.13. The van der Waals surface area contributed by atoms with Crippen molar-refractivity contribution in [2.24, 2.45) is 0 Å². The number of para-hydroxylation sites is 1. The molecule has 1 saturated heterocycles. The molecule has 2 atom stereocenters. The maximum atomic E-state index is 9.43. The van der Waals surface area contributed by atoms with Crippen molar-refractivity contribution in [2.75, 3.05) is 18.1 Å². The number of hydrogen-bond acceptors (Lipinski definition) is 3. The number of ether oxygens (including phenoxy) is 2. The predicted molar refractivity (Wildman–Crippen MR) is 96.3 cm³/mol. The molecule has 0 saturated carbocycles. The van der Waals surface area contributed by atoms with E-state index in [1.54, 1.807) is 0 Å². The fraction of sp³-hybridized carbons (Fsp3) is 0.611. The summed E-state index contributed by atoms with van der Waals surface area (Å²) in [6.07, 6.45) is 3.68. The van der Waals surface area contributed by atoms with Gasteiger partial charge in [0.1, 0.15) is 6.42 Å². The number of hydrogen-bond donors (Lipinski definition) is 0. The number of benzene rings is 1. The Morgan fingerprint density at radius 2 is 1.74 bits per heavy atom. The zero-order valence-electron chi connectivity index (χ0n) is 15.9. The summed E-state index contributed by atoms with van der Waals surface area (Å²) in [7, 11) is 0. The number of halogens is 3. The summed E-state index contributed by atoms with van der Waals surface area (Å²) in [6.45, 7) is 5.33. The van der Waals surface area contributed by atoms with Gasteiger partial charge < -0.3 is 39.8 Å². The van der Waals surface area contributed by atoms with Gasteiger partial charge >= 0.3 is 25.2 Å². The maximum absolute atomic E-state index is 9.43. The van der Waals surface area contributed by atoms with Crippen LogP contribution in [0, 0.1) is 0 Å². The largest absolute Gasteiger partial charge is 2.00 e. The molecule has 5 nitrogen and oxygen atoms in total. The Bertz CT molecular complexity index is 576. The molecule has 0 aromatic heterocycles. The molecule has 0 spiro atoms. The van der Waals surface area contributed by atoms with Gasteiger partial charge in [-0.15, -0.1) is 0 Å². The van der Waals surface area contributed by atoms with E-state index in [4.69, 9.17) is 21.1 Å². The van der Waals surface area contributed by atoms with Crippen molar-refractivity contribution in [1.82, 2.24) is 0 Å². The molecule has 1 aromatic carbocycles. The first-order valence-electron chi connectivity index (χ1n) is 8.66. The number of rotatable bonds is 9. The number of unbranched alkanes of at least 4 members (excludes halogenated alkanes) is 2. The van der Waals surface area contributed by atoms with E-state index in [-0.39, 0.29) is 44.3 Å². The Morgan fingerprint density at radius 1 is 1.15 bits per heavy atom. The van der Waals surface area contributed by atoms with Crippen LogP contribution < -0.4 is 29.7 Å². The summed E-state index contributed by atoms with van der Waals surface area (Å²) in [5, 5.41) is -1.10. The second kappa shape index (κ2) is 14.8. The first-order chi connectivity index (χ1) is 11.7. The van der Waals surface area contributed by atoms with Crippen molar-refractivity contribution in [3.05, 3.63) is 35.9 Å². The summed E-state index contributed by atoms with van der Waals surface area (Å²) >= 11 is 6.82. The van der Waals surface area contributed by atoms with Gasteiger partial charge in [-0.2, -0.15) is 4.79 Å². The molecular formula is C18H26Cl3N3O2Zn. The molecule has 2 unspecified atom stereocenters. The van der Waals surface area contributed by atoms with E-state index in [1.165, 1.54) is 0 Å². The second-order valence-corrected chi connectivity index (χ2v) is 6.53. The molecular weight excluding hydrogens is 462 g/mol. The SMILES string of the molecule is CCCCOC1C(=[N+]=[N-])CC(Cl)(OCCCC)N1c1ccccc1.[Cl-].[Cl-].[Zn+2]. The first kappa shape index (κ1) is 29.0. The first-order valence-corrected chi connectivity index (χ1v) is 9.03. The minimum atomic E-state index is -1.10. The standard InChI is InChI=1S/C18H26ClN3O2.2ClH.Zn/c1-3-5-12-23-17-16(21-20)14-18(19,24-13-6-4-2)22(17)15-10-8-7-9-11-15;;;/h7-11,17H,3-6,12-14H2,1-2H3;2*1H;/q;;;+2/p-2. The van der Waals surface area contributed by atoms with E-state index in [1.807, 2.05) is 35.2 Å². The van der Waals surface area contributed by atoms with Crippen molar-refractivity contribution in [3.8, 4) is 0 Å². The van der Waals surface area contributed by atoms with E-state index in [0.29, 0.717) is 25.3 Å². The van der Waals surface area contributed by atoms with Crippen LogP contribution in [0.25, 0.3) is 5.53 Å². The molecule has 148 valence electrons. The predicted octanol–water partition coefficient (Wildman–Crippen LogP) is -1.57. The summed E-state index contributed by atoms with van der Waals surface area (Å²) in [5.74, 6) is 0. The molecule has 27 heavy (non-hydrogen) atoms. The summed E-state index contributed by atoms with van der Waals surface area (Å²) in [6, 6.07) is 9.74. The topological polar surface area (TPSA) is 58.1 Å². The molecule has 1 fully saturated rings. The van der Waals surface area contributed by atoms with Crippen molar-refractivity contribution in [2.45, 2.75) is 57.4 Å². The number of nitrogens with zero attached hydrogens (tertiary/aromatic N) is 3. The van der Waals surface area contributed by atoms with Crippen LogP contribution >= 0.6 is 11.6 Å². The van der Waals surface area contributed by atoms with Crippen LogP contribution in [0.15, 0.2) is 30.3 Å². The monoisotopic (exact) mass is 485 g/mol. The average Bonchev–Trinajstić information content (AvgIpc) is 2.88. The van der Waals surface area contributed by atoms with Gasteiger partial charge in [0.15, 0.2) is 0 Å². The minimum Gasteiger partial charge on any atom is -1.00 e. The summed E-state index contributed by atoms with van der Waals surface area (Å²) < 4.78 is 12.0. The van der Waals surface area contributed by atoms with Crippen LogP contribution in [0.2, 0.25) is 0 Å². The Morgan fingerprint density at radius 3 is 2.30 bits per heavy atom. The van der Waals surface area contributed by atoms with E-state index in [0.717, 1.165) is 31.4 Å². The minimum absolute atomic E-state index is 0. The van der Waals surface area contributed by atoms with E-state index in [9.17, 15) is 5.53 Å². The van der Waals surface area contributed by atoms with Crippen molar-refractivity contribution >= 4 is 23.0 Å². The maximum Gasteiger partial charge on any atom is 2.00 e. The van der Waals surface area contributed by atoms with Crippen LogP contribution in [0.5, 0.6) is 0 Å². The van der Waals surface area contributed by atoms with Gasteiger partial charge in [0, 0.05) is 12.3 Å². The average molecular weight is 488 g/mol. The normalized spacial score (nSPS) is 20.9. The molecule has 0 aliphatic carbocycles. The molecule has 1 aliphatic rings. The van der Waals surface area contributed by atoms with Gasteiger partial charge in [-0.3, -0.25) is 4.90 Å². The van der Waals surface area contributed by atoms with E-state index < -0.39 is 11.4 Å². The van der Waals surface area contributed by atoms with Crippen LogP contribution in [-0.2, 0) is 29.0 Å². The molecule has 0 radical (unpaired) electrons. The third-order valence-electron chi connectivity index (χ3n) is 4.04. The Kier molecular flexibility index (Phi) is 15.9. The van der Waals surface area contributed by atoms with E-state index in [2.05, 4.69) is 18.6 Å². The zero-order chi connectivity index (χ0) is 17.4. The summed E-state index contributed by atoms with van der Waals surface area (Å²) in [5.41, 5.74) is 10.8. The molecule has 9 heteroatoms. The van der Waals surface area contributed by atoms with E-state index >= 15 is 0 Å². The molecule has 2 rings (SSSR count). The number of anilines is 1. The summed E-state index contributed by atoms with van der Waals surface area (Å²) in [4.78, 5) is 5.30. The van der Waals surface area contributed by atoms with Crippen molar-refractivity contribution < 1.29 is 58.6 Å². The molecule has 1 aromatic rings. The van der Waals surface area contributed by atoms with Crippen LogP contribution in [0.4, 0.5) is 5.69 Å². The zero-order valence-corrected chi connectivity index (χ0v) is 21.1. The quantitative estimate of drug-likeness (QED) is 0.105. The number of alkyl halides is 1. The Hall–Kier alpha value is -0.187. The van der Waals surface area contributed by atoms with Crippen LogP contribution in [-0.4, -0.2) is 35.1 Å². The third kappa shape index (κ3) is 7.63. The molecule has 0 N–H and O–H groups in total. The fourth-order valence-electron chi connectivity index (χ4n) is 2.73. The molecule has 0 amide bonds. The smallest absolute Gasteiger partial charge is 1.00 e. The van der Waals surface area contributed by atoms with Gasteiger partial charge in [0.05, 0.1) is 6.61 Å². The van der Waals surface area contributed by atoms with Gasteiger partial charge in [-0.1, -0.05) is 56.5 Å². The van der Waals surface area contributed by atoms with Crippen LogP contribution in [0.3, 0.4) is 0 Å². The molecule has 1 heterocycles. The molecule has 1 aliphatic heterocycles. The van der Waals surface area contributed by atoms with Gasteiger partial charge in [0.2, 0.25) is 11.4 Å². The Balaban J connectivity index is 0. The van der Waals surface area contributed by atoms with Gasteiger partial charge in [0.25, 0.3) is 0 Å².